The minimum atomic E-state index is -0.252. The molecule has 5 nitrogen and oxygen atoms in total. The first-order valence-electron chi connectivity index (χ1n) is 6.34. The van der Waals surface area contributed by atoms with Crippen LogP contribution in [-0.4, -0.2) is 28.2 Å². The minimum Gasteiger partial charge on any atom is -0.508 e. The highest BCUT2D eigenvalue weighted by molar-refractivity contribution is 6.08. The Hall–Kier alpha value is -2.56. The maximum Gasteiger partial charge on any atom is 0.305 e. The van der Waals surface area contributed by atoms with Gasteiger partial charge in [0.15, 0.2) is 0 Å². The third-order valence-electron chi connectivity index (χ3n) is 3.38. The van der Waals surface area contributed by atoms with Crippen molar-refractivity contribution < 1.29 is 14.6 Å². The van der Waals surface area contributed by atoms with Crippen LogP contribution in [0, 0.1) is 0 Å². The average Bonchev–Trinajstić information content (AvgIpc) is 2.83. The molecule has 0 aliphatic rings. The number of pyridine rings is 1. The molecule has 2 heterocycles. The molecule has 0 saturated heterocycles. The summed E-state index contributed by atoms with van der Waals surface area (Å²) in [7, 11) is 1.38. The molecule has 0 spiro atoms. The molecule has 102 valence electrons. The second-order valence-corrected chi connectivity index (χ2v) is 4.61. The van der Waals surface area contributed by atoms with Gasteiger partial charge < -0.3 is 14.8 Å². The Labute approximate surface area is 115 Å². The highest BCUT2D eigenvalue weighted by Gasteiger charge is 2.11. The van der Waals surface area contributed by atoms with E-state index in [4.69, 9.17) is 0 Å². The number of methoxy groups -OCH3 is 1. The summed E-state index contributed by atoms with van der Waals surface area (Å²) in [6.45, 7) is 0. The summed E-state index contributed by atoms with van der Waals surface area (Å²) in [4.78, 5) is 18.9. The summed E-state index contributed by atoms with van der Waals surface area (Å²) in [5.41, 5.74) is 2.66. The number of aromatic amines is 1. The monoisotopic (exact) mass is 270 g/mol. The zero-order valence-corrected chi connectivity index (χ0v) is 11.0. The Balaban J connectivity index is 2.10. The normalized spacial score (nSPS) is 11.1. The van der Waals surface area contributed by atoms with E-state index in [2.05, 4.69) is 14.7 Å². The number of carbonyl (C=O) groups excluding carboxylic acids is 1. The van der Waals surface area contributed by atoms with Crippen molar-refractivity contribution in [1.29, 1.82) is 0 Å². The highest BCUT2D eigenvalue weighted by Crippen LogP contribution is 2.29. The molecular weight excluding hydrogens is 256 g/mol. The Morgan fingerprint density at radius 2 is 2.20 bits per heavy atom. The number of aromatic hydroxyl groups is 1. The number of esters is 1. The summed E-state index contributed by atoms with van der Waals surface area (Å²) >= 11 is 0. The Morgan fingerprint density at radius 3 is 3.00 bits per heavy atom. The summed E-state index contributed by atoms with van der Waals surface area (Å²) in [6.07, 6.45) is 2.53. The maximum atomic E-state index is 11.2. The number of nitrogens with zero attached hydrogens (tertiary/aromatic N) is 1. The van der Waals surface area contributed by atoms with Gasteiger partial charge in [-0.3, -0.25) is 9.78 Å². The van der Waals surface area contributed by atoms with Crippen LogP contribution < -0.4 is 0 Å². The van der Waals surface area contributed by atoms with E-state index in [1.165, 1.54) is 7.11 Å². The Kier molecular flexibility index (Phi) is 3.02. The smallest absolute Gasteiger partial charge is 0.305 e. The van der Waals surface area contributed by atoms with Crippen LogP contribution in [0.15, 0.2) is 30.5 Å². The Bertz CT molecular complexity index is 792. The average molecular weight is 270 g/mol. The summed E-state index contributed by atoms with van der Waals surface area (Å²) in [5, 5.41) is 11.5. The van der Waals surface area contributed by atoms with Crippen LogP contribution in [0.5, 0.6) is 5.75 Å². The Morgan fingerprint density at radius 1 is 1.35 bits per heavy atom. The van der Waals surface area contributed by atoms with Crippen LogP contribution in [-0.2, 0) is 16.0 Å². The number of nitrogens with one attached hydrogen (secondary N) is 1. The van der Waals surface area contributed by atoms with E-state index in [0.717, 1.165) is 27.5 Å². The van der Waals surface area contributed by atoms with E-state index in [-0.39, 0.29) is 11.7 Å². The fourth-order valence-electron chi connectivity index (χ4n) is 2.38. The van der Waals surface area contributed by atoms with Gasteiger partial charge in [0, 0.05) is 28.9 Å². The number of benzene rings is 1. The standard InChI is InChI=1S/C15H14N2O3/c1-20-14(19)5-4-13-15-10(6-7-16-13)11-8-9(18)2-3-12(11)17-15/h2-3,6-8,17-18H,4-5H2,1H3. The number of aromatic nitrogens is 2. The van der Waals surface area contributed by atoms with Crippen molar-refractivity contribution in [3.8, 4) is 5.75 Å². The first-order chi connectivity index (χ1) is 9.69. The van der Waals surface area contributed by atoms with Gasteiger partial charge in [-0.1, -0.05) is 0 Å². The quantitative estimate of drug-likeness (QED) is 0.717. The van der Waals surface area contributed by atoms with Crippen molar-refractivity contribution >= 4 is 27.8 Å². The molecular formula is C15H14N2O3. The van der Waals surface area contributed by atoms with Gasteiger partial charge in [-0.05, 0) is 24.3 Å². The van der Waals surface area contributed by atoms with Gasteiger partial charge in [0.1, 0.15) is 5.75 Å². The number of phenols is 1. The van der Waals surface area contributed by atoms with Crippen molar-refractivity contribution in [2.45, 2.75) is 12.8 Å². The van der Waals surface area contributed by atoms with Crippen LogP contribution in [0.3, 0.4) is 0 Å². The zero-order valence-electron chi connectivity index (χ0n) is 11.0. The van der Waals surface area contributed by atoms with Crippen LogP contribution in [0.2, 0.25) is 0 Å². The van der Waals surface area contributed by atoms with Gasteiger partial charge >= 0.3 is 5.97 Å². The number of H-pyrrole nitrogens is 1. The summed E-state index contributed by atoms with van der Waals surface area (Å²) in [6, 6.07) is 7.08. The van der Waals surface area contributed by atoms with Crippen molar-refractivity contribution in [1.82, 2.24) is 9.97 Å². The van der Waals surface area contributed by atoms with Crippen molar-refractivity contribution in [3.63, 3.8) is 0 Å². The van der Waals surface area contributed by atoms with E-state index in [1.54, 1.807) is 18.3 Å². The van der Waals surface area contributed by atoms with Gasteiger partial charge in [0.2, 0.25) is 0 Å². The molecule has 0 aliphatic heterocycles. The summed E-state index contributed by atoms with van der Waals surface area (Å²) < 4.78 is 4.65. The lowest BCUT2D eigenvalue weighted by atomic mass is 10.1. The topological polar surface area (TPSA) is 75.2 Å². The molecule has 2 aromatic heterocycles. The van der Waals surface area contributed by atoms with Gasteiger partial charge in [-0.15, -0.1) is 0 Å². The van der Waals surface area contributed by atoms with E-state index < -0.39 is 0 Å². The maximum absolute atomic E-state index is 11.2. The van der Waals surface area contributed by atoms with Crippen LogP contribution in [0.25, 0.3) is 21.8 Å². The predicted octanol–water partition coefficient (Wildman–Crippen LogP) is 2.53. The molecule has 0 amide bonds. The lowest BCUT2D eigenvalue weighted by molar-refractivity contribution is -0.140. The highest BCUT2D eigenvalue weighted by atomic mass is 16.5. The number of aryl methyl sites for hydroxylation is 1. The number of phenolic OH excluding ortho intramolecular Hbond substituents is 1. The van der Waals surface area contributed by atoms with Gasteiger partial charge in [-0.2, -0.15) is 0 Å². The third kappa shape index (κ3) is 2.07. The first-order valence-corrected chi connectivity index (χ1v) is 6.34. The lowest BCUT2D eigenvalue weighted by Gasteiger charge is -2.01. The number of fused-ring (bicyclic) bond motifs is 3. The predicted molar refractivity (Wildman–Crippen MR) is 75.6 cm³/mol. The van der Waals surface area contributed by atoms with Crippen LogP contribution >= 0.6 is 0 Å². The van der Waals surface area contributed by atoms with E-state index in [0.29, 0.717) is 12.8 Å². The number of hydrogen-bond donors (Lipinski definition) is 2. The third-order valence-corrected chi connectivity index (χ3v) is 3.38. The molecule has 0 atom stereocenters. The molecule has 0 saturated carbocycles. The minimum absolute atomic E-state index is 0.228. The van der Waals surface area contributed by atoms with Crippen molar-refractivity contribution in [2.75, 3.05) is 7.11 Å². The fourth-order valence-corrected chi connectivity index (χ4v) is 2.38. The molecule has 0 radical (unpaired) electrons. The molecule has 5 heteroatoms. The second-order valence-electron chi connectivity index (χ2n) is 4.61. The molecule has 3 rings (SSSR count). The fraction of sp³-hybridized carbons (Fsp3) is 0.200. The van der Waals surface area contributed by atoms with Crippen molar-refractivity contribution in [2.24, 2.45) is 0 Å². The molecule has 1 aromatic carbocycles. The van der Waals surface area contributed by atoms with Crippen LogP contribution in [0.4, 0.5) is 0 Å². The number of rotatable bonds is 3. The molecule has 0 aliphatic carbocycles. The number of ether oxygens (including phenoxy) is 1. The van der Waals surface area contributed by atoms with Crippen LogP contribution in [0.1, 0.15) is 12.1 Å². The second kappa shape index (κ2) is 4.85. The summed E-state index contributed by atoms with van der Waals surface area (Å²) in [5.74, 6) is -0.0242. The molecule has 0 bridgehead atoms. The molecule has 20 heavy (non-hydrogen) atoms. The molecule has 2 N–H and O–H groups in total. The first kappa shape index (κ1) is 12.5. The molecule has 3 aromatic rings. The molecule has 0 fully saturated rings. The largest absolute Gasteiger partial charge is 0.508 e. The van der Waals surface area contributed by atoms with Gasteiger partial charge in [0.05, 0.1) is 24.7 Å². The van der Waals surface area contributed by atoms with Crippen molar-refractivity contribution in [3.05, 3.63) is 36.2 Å². The number of hydrogen-bond acceptors (Lipinski definition) is 4. The van der Waals surface area contributed by atoms with E-state index in [9.17, 15) is 9.90 Å². The zero-order chi connectivity index (χ0) is 14.1. The lowest BCUT2D eigenvalue weighted by Crippen LogP contribution is -2.03. The number of carbonyl (C=O) groups is 1. The van der Waals surface area contributed by atoms with Gasteiger partial charge in [0.25, 0.3) is 0 Å². The van der Waals surface area contributed by atoms with E-state index >= 15 is 0 Å². The van der Waals surface area contributed by atoms with Gasteiger partial charge in [-0.25, -0.2) is 0 Å². The SMILES string of the molecule is COC(=O)CCc1nccc2c1[nH]c1ccc(O)cc12. The molecule has 0 unspecified atom stereocenters. The van der Waals surface area contributed by atoms with E-state index in [1.807, 2.05) is 12.1 Å².